The van der Waals surface area contributed by atoms with Crippen LogP contribution in [0.4, 0.5) is 23.3 Å². The maximum absolute atomic E-state index is 12.5. The van der Waals surface area contributed by atoms with Crippen molar-refractivity contribution < 1.29 is 9.53 Å². The molecule has 1 fully saturated rings. The van der Waals surface area contributed by atoms with Crippen LogP contribution in [0.15, 0.2) is 47.3 Å². The number of amides is 1. The highest BCUT2D eigenvalue weighted by Crippen LogP contribution is 2.29. The number of halogens is 1. The Balaban J connectivity index is 1.48. The monoisotopic (exact) mass is 484 g/mol. The third-order valence-corrected chi connectivity index (χ3v) is 5.05. The lowest BCUT2D eigenvalue weighted by molar-refractivity contribution is 0.102. The molecule has 1 saturated heterocycles. The molecule has 0 radical (unpaired) electrons. The highest BCUT2D eigenvalue weighted by molar-refractivity contribution is 9.10. The molecule has 10 nitrogen and oxygen atoms in total. The molecule has 4 rings (SSSR count). The number of aromatic nitrogens is 4. The zero-order chi connectivity index (χ0) is 21.6. The zero-order valence-corrected chi connectivity index (χ0v) is 18.4. The predicted molar refractivity (Wildman–Crippen MR) is 121 cm³/mol. The number of ether oxygens (including phenoxy) is 1. The van der Waals surface area contributed by atoms with Crippen LogP contribution in [0.3, 0.4) is 0 Å². The third kappa shape index (κ3) is 5.25. The van der Waals surface area contributed by atoms with Gasteiger partial charge in [-0.2, -0.15) is 4.98 Å². The highest BCUT2D eigenvalue weighted by Gasteiger charge is 2.15. The van der Waals surface area contributed by atoms with Gasteiger partial charge in [0.25, 0.3) is 5.91 Å². The van der Waals surface area contributed by atoms with Gasteiger partial charge in [-0.3, -0.25) is 4.79 Å². The van der Waals surface area contributed by atoms with Crippen molar-refractivity contribution in [1.82, 2.24) is 25.3 Å². The van der Waals surface area contributed by atoms with E-state index in [1.165, 1.54) is 13.4 Å². The number of nitrogens with one attached hydrogen (secondary N) is 3. The molecule has 0 spiro atoms. The van der Waals surface area contributed by atoms with E-state index in [0.29, 0.717) is 39.3 Å². The molecule has 1 aliphatic heterocycles. The molecule has 31 heavy (non-hydrogen) atoms. The van der Waals surface area contributed by atoms with E-state index >= 15 is 0 Å². The first-order valence-corrected chi connectivity index (χ1v) is 10.5. The Morgan fingerprint density at radius 2 is 2.00 bits per heavy atom. The molecule has 3 heterocycles. The number of hydrogen-bond acceptors (Lipinski definition) is 9. The average molecular weight is 485 g/mol. The smallest absolute Gasteiger partial charge is 0.274 e. The van der Waals surface area contributed by atoms with Crippen molar-refractivity contribution >= 4 is 45.1 Å². The van der Waals surface area contributed by atoms with Crippen molar-refractivity contribution in [2.24, 2.45) is 0 Å². The molecule has 1 aliphatic rings. The number of carbonyl (C=O) groups is 1. The summed E-state index contributed by atoms with van der Waals surface area (Å²) in [6, 6.07) is 10.5. The standard InChI is InChI=1S/C20H21BrN8O2/c1-31-16-11-13(5-6-14(16)27-18(30)15-3-2-4-17(21)26-15)25-19-23-12-24-20(28-19)29-9-7-22-8-10-29/h2-6,11-12,22H,7-10H2,1H3,(H,27,30)(H,23,24,25,28). The summed E-state index contributed by atoms with van der Waals surface area (Å²) in [7, 11) is 1.54. The van der Waals surface area contributed by atoms with Crippen molar-refractivity contribution in [3.05, 3.63) is 53.0 Å². The zero-order valence-electron chi connectivity index (χ0n) is 16.8. The number of hydrogen-bond donors (Lipinski definition) is 3. The molecule has 11 heteroatoms. The molecule has 0 atom stereocenters. The molecule has 1 amide bonds. The van der Waals surface area contributed by atoms with Gasteiger partial charge in [0.2, 0.25) is 11.9 Å². The number of anilines is 4. The van der Waals surface area contributed by atoms with Crippen LogP contribution in [0.25, 0.3) is 0 Å². The summed E-state index contributed by atoms with van der Waals surface area (Å²) in [5.41, 5.74) is 1.54. The molecular formula is C20H21BrN8O2. The Bertz CT molecular complexity index is 1070. The van der Waals surface area contributed by atoms with Gasteiger partial charge >= 0.3 is 0 Å². The normalized spacial score (nSPS) is 13.5. The number of nitrogens with zero attached hydrogens (tertiary/aromatic N) is 5. The van der Waals surface area contributed by atoms with Crippen LogP contribution >= 0.6 is 15.9 Å². The Morgan fingerprint density at radius 1 is 1.16 bits per heavy atom. The SMILES string of the molecule is COc1cc(Nc2ncnc(N3CCNCC3)n2)ccc1NC(=O)c1cccc(Br)n1. The fourth-order valence-corrected chi connectivity index (χ4v) is 3.43. The van der Waals surface area contributed by atoms with Crippen molar-refractivity contribution in [2.45, 2.75) is 0 Å². The van der Waals surface area contributed by atoms with Gasteiger partial charge in [0.05, 0.1) is 12.8 Å². The van der Waals surface area contributed by atoms with Gasteiger partial charge < -0.3 is 25.6 Å². The van der Waals surface area contributed by atoms with Crippen LogP contribution < -0.4 is 25.6 Å². The molecule has 160 valence electrons. The number of rotatable bonds is 6. The van der Waals surface area contributed by atoms with E-state index in [2.05, 4.69) is 56.7 Å². The fraction of sp³-hybridized carbons (Fsp3) is 0.250. The van der Waals surface area contributed by atoms with E-state index in [1.807, 2.05) is 0 Å². The Morgan fingerprint density at radius 3 is 2.77 bits per heavy atom. The van der Waals surface area contributed by atoms with Crippen LogP contribution in [0.5, 0.6) is 5.75 Å². The highest BCUT2D eigenvalue weighted by atomic mass is 79.9. The van der Waals surface area contributed by atoms with Crippen LogP contribution in [0, 0.1) is 0 Å². The first-order chi connectivity index (χ1) is 15.1. The minimum atomic E-state index is -0.335. The first-order valence-electron chi connectivity index (χ1n) is 9.66. The summed E-state index contributed by atoms with van der Waals surface area (Å²) in [6.45, 7) is 3.49. The molecule has 0 aliphatic carbocycles. The summed E-state index contributed by atoms with van der Waals surface area (Å²) >= 11 is 3.27. The summed E-state index contributed by atoms with van der Waals surface area (Å²) < 4.78 is 6.04. The lowest BCUT2D eigenvalue weighted by Gasteiger charge is -2.27. The Kier molecular flexibility index (Phi) is 6.53. The number of carbonyl (C=O) groups excluding carboxylic acids is 1. The number of benzene rings is 1. The summed E-state index contributed by atoms with van der Waals surface area (Å²) in [6.07, 6.45) is 1.49. The molecule has 0 saturated carbocycles. The van der Waals surface area contributed by atoms with Crippen molar-refractivity contribution in [2.75, 3.05) is 48.8 Å². The fourth-order valence-electron chi connectivity index (χ4n) is 3.09. The molecule has 3 N–H and O–H groups in total. The quantitative estimate of drug-likeness (QED) is 0.453. The van der Waals surface area contributed by atoms with Crippen molar-refractivity contribution in [3.8, 4) is 5.75 Å². The summed E-state index contributed by atoms with van der Waals surface area (Å²) in [5, 5.41) is 9.29. The van der Waals surface area contributed by atoms with Gasteiger partial charge in [0, 0.05) is 37.9 Å². The maximum atomic E-state index is 12.5. The topological polar surface area (TPSA) is 117 Å². The second-order valence-electron chi connectivity index (χ2n) is 6.69. The van der Waals surface area contributed by atoms with E-state index in [-0.39, 0.29) is 5.91 Å². The molecule has 0 bridgehead atoms. The Labute approximate surface area is 187 Å². The van der Waals surface area contributed by atoms with Gasteiger partial charge in [-0.15, -0.1) is 0 Å². The minimum absolute atomic E-state index is 0.296. The first kappa shape index (κ1) is 20.9. The second-order valence-corrected chi connectivity index (χ2v) is 7.50. The van der Waals surface area contributed by atoms with Gasteiger partial charge in [-0.05, 0) is 40.2 Å². The molecule has 1 aromatic carbocycles. The van der Waals surface area contributed by atoms with Crippen LogP contribution in [-0.4, -0.2) is 59.1 Å². The summed E-state index contributed by atoms with van der Waals surface area (Å²) in [4.78, 5) is 31.8. The van der Waals surface area contributed by atoms with Crippen molar-refractivity contribution in [1.29, 1.82) is 0 Å². The predicted octanol–water partition coefficient (Wildman–Crippen LogP) is 2.44. The largest absolute Gasteiger partial charge is 0.494 e. The second kappa shape index (κ2) is 9.67. The molecule has 0 unspecified atom stereocenters. The van der Waals surface area contributed by atoms with Crippen LogP contribution in [-0.2, 0) is 0 Å². The minimum Gasteiger partial charge on any atom is -0.494 e. The number of methoxy groups -OCH3 is 1. The van der Waals surface area contributed by atoms with E-state index < -0.39 is 0 Å². The lowest BCUT2D eigenvalue weighted by atomic mass is 10.2. The van der Waals surface area contributed by atoms with E-state index in [9.17, 15) is 4.79 Å². The van der Waals surface area contributed by atoms with Crippen LogP contribution in [0.2, 0.25) is 0 Å². The molecular weight excluding hydrogens is 464 g/mol. The van der Waals surface area contributed by atoms with Gasteiger partial charge in [0.1, 0.15) is 22.4 Å². The summed E-state index contributed by atoms with van der Waals surface area (Å²) in [5.74, 6) is 1.22. The van der Waals surface area contributed by atoms with Crippen molar-refractivity contribution in [3.63, 3.8) is 0 Å². The Hall–Kier alpha value is -3.31. The van der Waals surface area contributed by atoms with Gasteiger partial charge in [-0.25, -0.2) is 15.0 Å². The van der Waals surface area contributed by atoms with E-state index in [1.54, 1.807) is 36.4 Å². The van der Waals surface area contributed by atoms with E-state index in [4.69, 9.17) is 4.74 Å². The molecule has 3 aromatic rings. The average Bonchev–Trinajstić information content (AvgIpc) is 2.81. The molecule has 2 aromatic heterocycles. The maximum Gasteiger partial charge on any atom is 0.274 e. The van der Waals surface area contributed by atoms with Gasteiger partial charge in [0.15, 0.2) is 0 Å². The van der Waals surface area contributed by atoms with Gasteiger partial charge in [-0.1, -0.05) is 6.07 Å². The van der Waals surface area contributed by atoms with E-state index in [0.717, 1.165) is 26.2 Å². The third-order valence-electron chi connectivity index (χ3n) is 4.61. The van der Waals surface area contributed by atoms with Crippen LogP contribution in [0.1, 0.15) is 10.5 Å². The number of piperazine rings is 1. The lowest BCUT2D eigenvalue weighted by Crippen LogP contribution is -2.44. The number of pyridine rings is 1.